The summed E-state index contributed by atoms with van der Waals surface area (Å²) >= 11 is 0. The van der Waals surface area contributed by atoms with Crippen LogP contribution in [0.1, 0.15) is 18.4 Å². The molecule has 6 nitrogen and oxygen atoms in total. The van der Waals surface area contributed by atoms with Gasteiger partial charge in [0, 0.05) is 7.11 Å². The zero-order chi connectivity index (χ0) is 16.2. The van der Waals surface area contributed by atoms with Crippen LogP contribution in [0, 0.1) is 0 Å². The zero-order valence-electron chi connectivity index (χ0n) is 12.8. The quantitative estimate of drug-likeness (QED) is 0.601. The highest BCUT2D eigenvalue weighted by atomic mass is 16.5. The third-order valence-corrected chi connectivity index (χ3v) is 3.10. The molecule has 0 aliphatic rings. The van der Waals surface area contributed by atoms with Crippen LogP contribution in [0.25, 0.3) is 0 Å². The molecule has 0 heterocycles. The predicted octanol–water partition coefficient (Wildman–Crippen LogP) is 1.24. The number of benzene rings is 1. The van der Waals surface area contributed by atoms with E-state index in [1.54, 1.807) is 0 Å². The van der Waals surface area contributed by atoms with Gasteiger partial charge in [0.1, 0.15) is 12.6 Å². The van der Waals surface area contributed by atoms with Gasteiger partial charge in [0.25, 0.3) is 0 Å². The molecule has 1 atom stereocenters. The van der Waals surface area contributed by atoms with E-state index in [0.717, 1.165) is 12.0 Å². The fourth-order valence-corrected chi connectivity index (χ4v) is 1.96. The van der Waals surface area contributed by atoms with Crippen LogP contribution in [0.2, 0.25) is 0 Å². The van der Waals surface area contributed by atoms with Crippen molar-refractivity contribution in [2.24, 2.45) is 0 Å². The van der Waals surface area contributed by atoms with Crippen molar-refractivity contribution < 1.29 is 24.2 Å². The van der Waals surface area contributed by atoms with Crippen molar-refractivity contribution in [3.8, 4) is 0 Å². The van der Waals surface area contributed by atoms with Crippen LogP contribution in [0.5, 0.6) is 0 Å². The molecule has 1 aromatic rings. The lowest BCUT2D eigenvalue weighted by Gasteiger charge is -2.14. The molecule has 22 heavy (non-hydrogen) atoms. The maximum absolute atomic E-state index is 11.6. The summed E-state index contributed by atoms with van der Waals surface area (Å²) < 4.78 is 9.85. The summed E-state index contributed by atoms with van der Waals surface area (Å²) in [4.78, 5) is 22.8. The van der Waals surface area contributed by atoms with Crippen LogP contribution in [0.4, 0.5) is 0 Å². The third-order valence-electron chi connectivity index (χ3n) is 3.10. The number of hydrogen-bond acceptors (Lipinski definition) is 4. The summed E-state index contributed by atoms with van der Waals surface area (Å²) in [5.41, 5.74) is 1.15. The second-order valence-electron chi connectivity index (χ2n) is 4.88. The number of rotatable bonds is 11. The molecule has 6 heteroatoms. The molecule has 1 rings (SSSR count). The Morgan fingerprint density at radius 3 is 2.59 bits per heavy atom. The summed E-state index contributed by atoms with van der Waals surface area (Å²) in [6.45, 7) is 0.536. The number of amides is 1. The van der Waals surface area contributed by atoms with Crippen LogP contribution in [0.3, 0.4) is 0 Å². The van der Waals surface area contributed by atoms with E-state index in [4.69, 9.17) is 14.6 Å². The molecule has 0 aliphatic heterocycles. The number of carbonyl (C=O) groups excluding carboxylic acids is 1. The Balaban J connectivity index is 2.29. The van der Waals surface area contributed by atoms with Gasteiger partial charge in [-0.15, -0.1) is 0 Å². The van der Waals surface area contributed by atoms with Crippen LogP contribution in [-0.4, -0.2) is 50.0 Å². The Morgan fingerprint density at radius 2 is 1.95 bits per heavy atom. The van der Waals surface area contributed by atoms with Crippen molar-refractivity contribution in [2.45, 2.75) is 25.3 Å². The van der Waals surface area contributed by atoms with Gasteiger partial charge in [-0.2, -0.15) is 0 Å². The first-order chi connectivity index (χ1) is 10.6. The molecule has 0 unspecified atom stereocenters. The third kappa shape index (κ3) is 7.75. The highest BCUT2D eigenvalue weighted by molar-refractivity contribution is 5.84. The lowest BCUT2D eigenvalue weighted by Crippen LogP contribution is -2.42. The second-order valence-corrected chi connectivity index (χ2v) is 4.88. The summed E-state index contributed by atoms with van der Waals surface area (Å²) in [6.07, 6.45) is 1.85. The molecule has 0 radical (unpaired) electrons. The van der Waals surface area contributed by atoms with Crippen LogP contribution in [0.15, 0.2) is 30.3 Å². The number of carboxylic acids is 1. The van der Waals surface area contributed by atoms with Crippen molar-refractivity contribution in [3.63, 3.8) is 0 Å². The van der Waals surface area contributed by atoms with E-state index in [1.807, 2.05) is 30.3 Å². The molecular formula is C16H23NO5. The largest absolute Gasteiger partial charge is 0.480 e. The maximum Gasteiger partial charge on any atom is 0.326 e. The minimum Gasteiger partial charge on any atom is -0.480 e. The molecule has 0 aromatic heterocycles. The number of aryl methyl sites for hydroxylation is 1. The van der Waals surface area contributed by atoms with Gasteiger partial charge >= 0.3 is 5.97 Å². The van der Waals surface area contributed by atoms with Gasteiger partial charge in [-0.05, 0) is 24.8 Å². The fourth-order valence-electron chi connectivity index (χ4n) is 1.96. The number of ether oxygens (including phenoxy) is 2. The summed E-state index contributed by atoms with van der Waals surface area (Å²) in [6, 6.07) is 8.94. The molecule has 0 fully saturated rings. The smallest absolute Gasteiger partial charge is 0.326 e. The second kappa shape index (κ2) is 10.8. The standard InChI is InChI=1S/C16H23NO5/c1-21-10-11-22-12-15(18)17-14(16(19)20)9-5-8-13-6-3-2-4-7-13/h2-4,6-7,14H,5,8-12H2,1H3,(H,17,18)(H,19,20)/t14-/m0/s1. The van der Waals surface area contributed by atoms with E-state index in [-0.39, 0.29) is 6.61 Å². The first-order valence-corrected chi connectivity index (χ1v) is 7.26. The van der Waals surface area contributed by atoms with E-state index in [1.165, 1.54) is 7.11 Å². The highest BCUT2D eigenvalue weighted by Gasteiger charge is 2.19. The molecule has 0 aliphatic carbocycles. The number of aliphatic carboxylic acids is 1. The Morgan fingerprint density at radius 1 is 1.23 bits per heavy atom. The molecule has 122 valence electrons. The first kappa shape index (κ1) is 18.1. The topological polar surface area (TPSA) is 84.9 Å². The Labute approximate surface area is 130 Å². The minimum absolute atomic E-state index is 0.161. The van der Waals surface area contributed by atoms with E-state index in [2.05, 4.69) is 5.32 Å². The molecule has 1 aromatic carbocycles. The normalized spacial score (nSPS) is 11.9. The van der Waals surface area contributed by atoms with Gasteiger partial charge in [0.05, 0.1) is 13.2 Å². The summed E-state index contributed by atoms with van der Waals surface area (Å²) in [5.74, 6) is -1.46. The van der Waals surface area contributed by atoms with E-state index in [0.29, 0.717) is 26.1 Å². The molecule has 0 bridgehead atoms. The van der Waals surface area contributed by atoms with Gasteiger partial charge in [-0.25, -0.2) is 4.79 Å². The first-order valence-electron chi connectivity index (χ1n) is 7.26. The monoisotopic (exact) mass is 309 g/mol. The predicted molar refractivity (Wildman–Crippen MR) is 81.6 cm³/mol. The van der Waals surface area contributed by atoms with Gasteiger partial charge in [0.2, 0.25) is 5.91 Å². The van der Waals surface area contributed by atoms with Gasteiger partial charge in [-0.3, -0.25) is 4.79 Å². The van der Waals surface area contributed by atoms with Crippen LogP contribution >= 0.6 is 0 Å². The molecule has 0 saturated carbocycles. The van der Waals surface area contributed by atoms with Crippen molar-refractivity contribution in [2.75, 3.05) is 26.9 Å². The lowest BCUT2D eigenvalue weighted by atomic mass is 10.0. The van der Waals surface area contributed by atoms with Crippen molar-refractivity contribution in [3.05, 3.63) is 35.9 Å². The Hall–Kier alpha value is -1.92. The van der Waals surface area contributed by atoms with Crippen molar-refractivity contribution in [1.82, 2.24) is 5.32 Å². The van der Waals surface area contributed by atoms with E-state index < -0.39 is 17.9 Å². The molecular weight excluding hydrogens is 286 g/mol. The SMILES string of the molecule is COCCOCC(=O)N[C@@H](CCCc1ccccc1)C(=O)O. The average Bonchev–Trinajstić information content (AvgIpc) is 2.51. The number of hydrogen-bond donors (Lipinski definition) is 2. The number of methoxy groups -OCH3 is 1. The number of carboxylic acid groups (broad SMARTS) is 1. The molecule has 2 N–H and O–H groups in total. The van der Waals surface area contributed by atoms with Gasteiger partial charge in [-0.1, -0.05) is 30.3 Å². The minimum atomic E-state index is -1.03. The Kier molecular flexibility index (Phi) is 8.86. The summed E-state index contributed by atoms with van der Waals surface area (Å²) in [5, 5.41) is 11.6. The lowest BCUT2D eigenvalue weighted by molar-refractivity contribution is -0.142. The Bertz CT molecular complexity index is 449. The van der Waals surface area contributed by atoms with Gasteiger partial charge in [0.15, 0.2) is 0 Å². The fraction of sp³-hybridized carbons (Fsp3) is 0.500. The molecule has 0 spiro atoms. The average molecular weight is 309 g/mol. The molecule has 1 amide bonds. The van der Waals surface area contributed by atoms with Crippen LogP contribution in [-0.2, 0) is 25.5 Å². The van der Waals surface area contributed by atoms with E-state index in [9.17, 15) is 9.59 Å². The maximum atomic E-state index is 11.6. The van der Waals surface area contributed by atoms with Gasteiger partial charge < -0.3 is 19.9 Å². The highest BCUT2D eigenvalue weighted by Crippen LogP contribution is 2.07. The number of nitrogens with one attached hydrogen (secondary N) is 1. The van der Waals surface area contributed by atoms with E-state index >= 15 is 0 Å². The zero-order valence-corrected chi connectivity index (χ0v) is 12.8. The van der Waals surface area contributed by atoms with Crippen molar-refractivity contribution >= 4 is 11.9 Å². The number of carbonyl (C=O) groups is 2. The van der Waals surface area contributed by atoms with Crippen molar-refractivity contribution in [1.29, 1.82) is 0 Å². The summed E-state index contributed by atoms with van der Waals surface area (Å²) in [7, 11) is 1.54. The molecule has 0 saturated heterocycles. The van der Waals surface area contributed by atoms with Crippen LogP contribution < -0.4 is 5.32 Å².